The SMILES string of the molecule is CCn1cc(Br)c(-c2ccnc3cc(C(=O)Nc4cc(Oc5ccc(OC)cc5)cc([N+](=O)[O-])c4)nn23)n1. The number of methoxy groups -OCH3 is 1. The van der Waals surface area contributed by atoms with E-state index >= 15 is 0 Å². The van der Waals surface area contributed by atoms with Gasteiger partial charge in [-0.1, -0.05) is 0 Å². The number of hydrogen-bond acceptors (Lipinski definition) is 8. The van der Waals surface area contributed by atoms with Crippen LogP contribution in [0.25, 0.3) is 17.0 Å². The molecular weight excluding hydrogens is 558 g/mol. The van der Waals surface area contributed by atoms with Crippen LogP contribution in [-0.2, 0) is 6.54 Å². The molecule has 0 fully saturated rings. The first-order chi connectivity index (χ1) is 18.3. The molecule has 3 heterocycles. The van der Waals surface area contributed by atoms with Crippen LogP contribution < -0.4 is 14.8 Å². The molecule has 0 spiro atoms. The predicted octanol–water partition coefficient (Wildman–Crippen LogP) is 5.34. The molecule has 0 aliphatic heterocycles. The zero-order valence-corrected chi connectivity index (χ0v) is 21.7. The van der Waals surface area contributed by atoms with Crippen LogP contribution in [0, 0.1) is 10.1 Å². The van der Waals surface area contributed by atoms with Crippen molar-refractivity contribution in [1.82, 2.24) is 24.4 Å². The number of carbonyl (C=O) groups is 1. The number of carbonyl (C=O) groups excluding carboxylic acids is 1. The minimum atomic E-state index is -0.574. The second kappa shape index (κ2) is 10.3. The number of fused-ring (bicyclic) bond motifs is 1. The molecule has 1 N–H and O–H groups in total. The highest BCUT2D eigenvalue weighted by Crippen LogP contribution is 2.31. The number of benzene rings is 2. The van der Waals surface area contributed by atoms with E-state index in [0.717, 1.165) is 4.47 Å². The van der Waals surface area contributed by atoms with Gasteiger partial charge in [0, 0.05) is 37.1 Å². The fourth-order valence-electron chi connectivity index (χ4n) is 3.71. The molecular formula is C25H20BrN7O5. The molecule has 5 aromatic rings. The number of aryl methyl sites for hydroxylation is 1. The molecule has 0 atom stereocenters. The number of nitro benzene ring substituents is 1. The van der Waals surface area contributed by atoms with Crippen molar-refractivity contribution in [2.24, 2.45) is 0 Å². The zero-order chi connectivity index (χ0) is 26.8. The molecule has 13 heteroatoms. The van der Waals surface area contributed by atoms with Gasteiger partial charge >= 0.3 is 0 Å². The highest BCUT2D eigenvalue weighted by atomic mass is 79.9. The van der Waals surface area contributed by atoms with Gasteiger partial charge in [0.25, 0.3) is 11.6 Å². The Kier molecular flexibility index (Phi) is 6.75. The number of nitrogens with one attached hydrogen (secondary N) is 1. The summed E-state index contributed by atoms with van der Waals surface area (Å²) in [6, 6.07) is 14.0. The standard InChI is InChI=1S/C25H20BrN7O5/c1-3-31-14-20(26)24(30-31)22-8-9-27-23-13-21(29-32(22)23)25(34)28-15-10-16(33(35)36)12-19(11-15)38-18-6-4-17(37-2)5-7-18/h4-14H,3H2,1-2H3,(H,28,34). The van der Waals surface area contributed by atoms with Crippen LogP contribution in [0.3, 0.4) is 0 Å². The van der Waals surface area contributed by atoms with Gasteiger partial charge in [0.2, 0.25) is 0 Å². The van der Waals surface area contributed by atoms with Gasteiger partial charge in [0.1, 0.15) is 22.9 Å². The van der Waals surface area contributed by atoms with Gasteiger partial charge in [-0.05, 0) is 53.2 Å². The lowest BCUT2D eigenvalue weighted by Gasteiger charge is -2.09. The van der Waals surface area contributed by atoms with Crippen molar-refractivity contribution in [2.75, 3.05) is 12.4 Å². The normalized spacial score (nSPS) is 10.9. The lowest BCUT2D eigenvalue weighted by atomic mass is 10.2. The number of hydrogen-bond donors (Lipinski definition) is 1. The lowest BCUT2D eigenvalue weighted by molar-refractivity contribution is -0.384. The quantitative estimate of drug-likeness (QED) is 0.192. The average Bonchev–Trinajstić information content (AvgIpc) is 3.52. The number of amides is 1. The Bertz CT molecular complexity index is 1660. The first-order valence-electron chi connectivity index (χ1n) is 11.4. The summed E-state index contributed by atoms with van der Waals surface area (Å²) in [7, 11) is 1.55. The minimum Gasteiger partial charge on any atom is -0.497 e. The van der Waals surface area contributed by atoms with E-state index in [4.69, 9.17) is 9.47 Å². The molecule has 3 aromatic heterocycles. The number of anilines is 1. The lowest BCUT2D eigenvalue weighted by Crippen LogP contribution is -2.13. The third kappa shape index (κ3) is 5.04. The Hall–Kier alpha value is -4.78. The fourth-order valence-corrected chi connectivity index (χ4v) is 4.23. The molecule has 38 heavy (non-hydrogen) atoms. The molecule has 0 aliphatic rings. The van der Waals surface area contributed by atoms with Gasteiger partial charge in [0.05, 0.1) is 34.0 Å². The van der Waals surface area contributed by atoms with Gasteiger partial charge in [-0.2, -0.15) is 10.2 Å². The molecule has 0 radical (unpaired) electrons. The molecule has 0 saturated carbocycles. The largest absolute Gasteiger partial charge is 0.497 e. The minimum absolute atomic E-state index is 0.0696. The Balaban J connectivity index is 1.44. The number of nitrogens with zero attached hydrogens (tertiary/aromatic N) is 6. The van der Waals surface area contributed by atoms with Crippen LogP contribution in [-0.4, -0.2) is 42.3 Å². The van der Waals surface area contributed by atoms with Crippen LogP contribution in [0.15, 0.2) is 71.5 Å². The topological polar surface area (TPSA) is 139 Å². The monoisotopic (exact) mass is 577 g/mol. The summed E-state index contributed by atoms with van der Waals surface area (Å²) >= 11 is 3.52. The van der Waals surface area contributed by atoms with Crippen LogP contribution in [0.4, 0.5) is 11.4 Å². The molecule has 0 saturated heterocycles. The highest BCUT2D eigenvalue weighted by molar-refractivity contribution is 9.10. The molecule has 0 unspecified atom stereocenters. The number of aromatic nitrogens is 5. The maximum Gasteiger partial charge on any atom is 0.276 e. The van der Waals surface area contributed by atoms with Gasteiger partial charge < -0.3 is 14.8 Å². The predicted molar refractivity (Wildman–Crippen MR) is 142 cm³/mol. The molecule has 192 valence electrons. The van der Waals surface area contributed by atoms with E-state index in [-0.39, 0.29) is 22.8 Å². The van der Waals surface area contributed by atoms with Crippen LogP contribution in [0.5, 0.6) is 17.2 Å². The summed E-state index contributed by atoms with van der Waals surface area (Å²) in [5, 5.41) is 23.2. The van der Waals surface area contributed by atoms with Crippen molar-refractivity contribution in [3.8, 4) is 28.6 Å². The van der Waals surface area contributed by atoms with Crippen molar-refractivity contribution >= 4 is 38.9 Å². The second-order valence-corrected chi connectivity index (χ2v) is 8.87. The maximum atomic E-state index is 13.1. The molecule has 1 amide bonds. The van der Waals surface area contributed by atoms with Crippen molar-refractivity contribution in [2.45, 2.75) is 13.5 Å². The third-order valence-corrected chi connectivity index (χ3v) is 6.11. The van der Waals surface area contributed by atoms with Crippen LogP contribution >= 0.6 is 15.9 Å². The molecule has 0 aliphatic carbocycles. The Morgan fingerprint density at radius 2 is 1.84 bits per heavy atom. The number of halogens is 1. The number of ether oxygens (including phenoxy) is 2. The van der Waals surface area contributed by atoms with Gasteiger partial charge in [-0.3, -0.25) is 19.6 Å². The summed E-state index contributed by atoms with van der Waals surface area (Å²) < 4.78 is 15.0. The first-order valence-corrected chi connectivity index (χ1v) is 12.1. The van der Waals surface area contributed by atoms with E-state index in [2.05, 4.69) is 36.4 Å². The smallest absolute Gasteiger partial charge is 0.276 e. The summed E-state index contributed by atoms with van der Waals surface area (Å²) in [4.78, 5) is 28.4. The highest BCUT2D eigenvalue weighted by Gasteiger charge is 2.19. The number of nitro groups is 1. The summed E-state index contributed by atoms with van der Waals surface area (Å²) in [5.74, 6) is 0.685. The first kappa shape index (κ1) is 24.9. The van der Waals surface area contributed by atoms with Crippen molar-refractivity contribution in [1.29, 1.82) is 0 Å². The van der Waals surface area contributed by atoms with E-state index < -0.39 is 10.8 Å². The van der Waals surface area contributed by atoms with Crippen LogP contribution in [0.2, 0.25) is 0 Å². The van der Waals surface area contributed by atoms with Gasteiger partial charge in [-0.15, -0.1) is 0 Å². The van der Waals surface area contributed by atoms with E-state index in [0.29, 0.717) is 35.1 Å². The number of non-ortho nitro benzene ring substituents is 1. The number of rotatable bonds is 8. The summed E-state index contributed by atoms with van der Waals surface area (Å²) in [5.41, 5.74) is 1.71. The van der Waals surface area contributed by atoms with E-state index in [9.17, 15) is 14.9 Å². The Morgan fingerprint density at radius 3 is 2.53 bits per heavy atom. The maximum absolute atomic E-state index is 13.1. The van der Waals surface area contributed by atoms with Gasteiger partial charge in [0.15, 0.2) is 11.3 Å². The average molecular weight is 578 g/mol. The third-order valence-electron chi connectivity index (χ3n) is 5.53. The second-order valence-electron chi connectivity index (χ2n) is 8.02. The van der Waals surface area contributed by atoms with E-state index in [1.54, 1.807) is 48.3 Å². The summed E-state index contributed by atoms with van der Waals surface area (Å²) in [6.45, 7) is 2.66. The Labute approximate surface area is 224 Å². The van der Waals surface area contributed by atoms with Crippen molar-refractivity contribution < 1.29 is 19.2 Å². The molecule has 12 nitrogen and oxygen atoms in total. The molecule has 0 bridgehead atoms. The molecule has 5 rings (SSSR count). The summed E-state index contributed by atoms with van der Waals surface area (Å²) in [6.07, 6.45) is 3.46. The van der Waals surface area contributed by atoms with Gasteiger partial charge in [-0.25, -0.2) is 9.50 Å². The van der Waals surface area contributed by atoms with Crippen LogP contribution in [0.1, 0.15) is 17.4 Å². The van der Waals surface area contributed by atoms with E-state index in [1.807, 2.05) is 13.1 Å². The van der Waals surface area contributed by atoms with E-state index in [1.165, 1.54) is 28.8 Å². The Morgan fingerprint density at radius 1 is 1.08 bits per heavy atom. The fraction of sp³-hybridized carbons (Fsp3) is 0.120. The zero-order valence-electron chi connectivity index (χ0n) is 20.2. The molecule has 2 aromatic carbocycles. The van der Waals surface area contributed by atoms with Crippen molar-refractivity contribution in [3.63, 3.8) is 0 Å². The van der Waals surface area contributed by atoms with Crippen molar-refractivity contribution in [3.05, 3.63) is 87.3 Å².